The van der Waals surface area contributed by atoms with E-state index < -0.39 is 0 Å². The fraction of sp³-hybridized carbons (Fsp3) is 0.750. The van der Waals surface area contributed by atoms with E-state index in [1.54, 1.807) is 11.3 Å². The molecule has 0 saturated heterocycles. The summed E-state index contributed by atoms with van der Waals surface area (Å²) in [6.45, 7) is 2.99. The summed E-state index contributed by atoms with van der Waals surface area (Å²) in [5, 5.41) is 6.93. The Balaban J connectivity index is 1.75. The zero-order valence-corrected chi connectivity index (χ0v) is 11.2. The highest BCUT2D eigenvalue weighted by molar-refractivity contribution is 7.09. The van der Waals surface area contributed by atoms with Gasteiger partial charge < -0.3 is 10.2 Å². The lowest BCUT2D eigenvalue weighted by Gasteiger charge is -2.19. The molecule has 1 saturated carbocycles. The molecular formula is C12H21N3S. The van der Waals surface area contributed by atoms with Crippen molar-refractivity contribution in [3.05, 3.63) is 16.1 Å². The molecule has 2 unspecified atom stereocenters. The zero-order chi connectivity index (χ0) is 11.5. The first-order valence-electron chi connectivity index (χ1n) is 5.96. The van der Waals surface area contributed by atoms with Crippen LogP contribution in [0.1, 0.15) is 30.0 Å². The molecule has 0 spiro atoms. The molecule has 1 fully saturated rings. The maximum Gasteiger partial charge on any atom is 0.0897 e. The summed E-state index contributed by atoms with van der Waals surface area (Å²) in [4.78, 5) is 6.81. The Morgan fingerprint density at radius 2 is 2.31 bits per heavy atom. The van der Waals surface area contributed by atoms with E-state index in [0.29, 0.717) is 6.04 Å². The largest absolute Gasteiger partial charge is 0.308 e. The molecule has 0 amide bonds. The molecule has 3 nitrogen and oxygen atoms in total. The van der Waals surface area contributed by atoms with E-state index in [9.17, 15) is 0 Å². The van der Waals surface area contributed by atoms with Crippen molar-refractivity contribution in [2.45, 2.75) is 44.8 Å². The van der Waals surface area contributed by atoms with Crippen LogP contribution in [-0.2, 0) is 6.54 Å². The summed E-state index contributed by atoms with van der Waals surface area (Å²) in [6.07, 6.45) is 3.89. The van der Waals surface area contributed by atoms with Crippen molar-refractivity contribution in [2.75, 3.05) is 14.1 Å². The van der Waals surface area contributed by atoms with Crippen molar-refractivity contribution in [2.24, 2.45) is 0 Å². The van der Waals surface area contributed by atoms with Crippen LogP contribution in [0.4, 0.5) is 0 Å². The second-order valence-corrected chi connectivity index (χ2v) is 5.93. The first-order chi connectivity index (χ1) is 7.65. The molecule has 1 N–H and O–H groups in total. The minimum absolute atomic E-state index is 0.675. The van der Waals surface area contributed by atoms with E-state index in [1.165, 1.54) is 25.0 Å². The molecule has 1 aliphatic carbocycles. The summed E-state index contributed by atoms with van der Waals surface area (Å²) >= 11 is 1.73. The van der Waals surface area contributed by atoms with E-state index in [4.69, 9.17) is 0 Å². The highest BCUT2D eigenvalue weighted by atomic mass is 32.1. The minimum Gasteiger partial charge on any atom is -0.308 e. The van der Waals surface area contributed by atoms with Crippen LogP contribution in [0.5, 0.6) is 0 Å². The Kier molecular flexibility index (Phi) is 3.95. The first kappa shape index (κ1) is 12.0. The van der Waals surface area contributed by atoms with Crippen LogP contribution in [0.2, 0.25) is 0 Å². The Labute approximate surface area is 102 Å². The van der Waals surface area contributed by atoms with Gasteiger partial charge in [-0.25, -0.2) is 4.98 Å². The molecule has 1 aromatic rings. The number of hydrogen-bond donors (Lipinski definition) is 1. The van der Waals surface area contributed by atoms with Crippen LogP contribution < -0.4 is 5.32 Å². The Hall–Kier alpha value is -0.450. The minimum atomic E-state index is 0.675. The predicted octanol–water partition coefficient (Wildman–Crippen LogP) is 2.02. The third-order valence-corrected chi connectivity index (χ3v) is 4.20. The molecule has 90 valence electrons. The Morgan fingerprint density at radius 3 is 2.88 bits per heavy atom. The third kappa shape index (κ3) is 3.03. The molecule has 2 rings (SSSR count). The zero-order valence-electron chi connectivity index (χ0n) is 10.4. The van der Waals surface area contributed by atoms with Crippen LogP contribution in [0.3, 0.4) is 0 Å². The average molecular weight is 239 g/mol. The van der Waals surface area contributed by atoms with Gasteiger partial charge in [0.15, 0.2) is 0 Å². The van der Waals surface area contributed by atoms with Gasteiger partial charge in [0.05, 0.1) is 10.7 Å². The molecule has 2 atom stereocenters. The van der Waals surface area contributed by atoms with Crippen LogP contribution >= 0.6 is 11.3 Å². The molecule has 4 heteroatoms. The van der Waals surface area contributed by atoms with Crippen LogP contribution in [0.15, 0.2) is 5.38 Å². The van der Waals surface area contributed by atoms with Crippen molar-refractivity contribution in [1.29, 1.82) is 0 Å². The Bertz CT molecular complexity index is 335. The fourth-order valence-corrected chi connectivity index (χ4v) is 2.96. The van der Waals surface area contributed by atoms with Crippen molar-refractivity contribution >= 4 is 11.3 Å². The van der Waals surface area contributed by atoms with Gasteiger partial charge in [-0.15, -0.1) is 11.3 Å². The summed E-state index contributed by atoms with van der Waals surface area (Å²) in [5.74, 6) is 0. The van der Waals surface area contributed by atoms with Gasteiger partial charge >= 0.3 is 0 Å². The maximum atomic E-state index is 4.47. The molecule has 1 aromatic heterocycles. The van der Waals surface area contributed by atoms with E-state index >= 15 is 0 Å². The molecular weight excluding hydrogens is 218 g/mol. The molecule has 1 aliphatic rings. The third-order valence-electron chi connectivity index (χ3n) is 3.37. The quantitative estimate of drug-likeness (QED) is 0.871. The van der Waals surface area contributed by atoms with Crippen LogP contribution in [0.25, 0.3) is 0 Å². The van der Waals surface area contributed by atoms with E-state index in [0.717, 1.165) is 17.6 Å². The topological polar surface area (TPSA) is 28.2 Å². The molecule has 1 heterocycles. The van der Waals surface area contributed by atoms with Crippen molar-refractivity contribution in [3.63, 3.8) is 0 Å². The SMILES string of the molecule is Cc1nc(CNC2CCC(N(C)C)C2)cs1. The highest BCUT2D eigenvalue weighted by Gasteiger charge is 2.25. The molecule has 0 aromatic carbocycles. The molecule has 0 bridgehead atoms. The van der Waals surface area contributed by atoms with Crippen molar-refractivity contribution in [3.8, 4) is 0 Å². The van der Waals surface area contributed by atoms with Gasteiger partial charge in [-0.3, -0.25) is 0 Å². The second kappa shape index (κ2) is 5.25. The lowest BCUT2D eigenvalue weighted by Crippen LogP contribution is -2.30. The van der Waals surface area contributed by atoms with Crippen molar-refractivity contribution < 1.29 is 0 Å². The first-order valence-corrected chi connectivity index (χ1v) is 6.84. The number of rotatable bonds is 4. The standard InChI is InChI=1S/C12H21N3S/c1-9-14-11(8-16-9)7-13-10-4-5-12(6-10)15(2)3/h8,10,12-13H,4-7H2,1-3H3. The number of nitrogens with one attached hydrogen (secondary N) is 1. The molecule has 0 aliphatic heterocycles. The van der Waals surface area contributed by atoms with E-state index in [-0.39, 0.29) is 0 Å². The van der Waals surface area contributed by atoms with Crippen LogP contribution in [0, 0.1) is 6.92 Å². The van der Waals surface area contributed by atoms with Gasteiger partial charge in [0.25, 0.3) is 0 Å². The lowest BCUT2D eigenvalue weighted by molar-refractivity contribution is 0.293. The van der Waals surface area contributed by atoms with Gasteiger partial charge in [-0.2, -0.15) is 0 Å². The average Bonchev–Trinajstić information content (AvgIpc) is 2.83. The highest BCUT2D eigenvalue weighted by Crippen LogP contribution is 2.22. The van der Waals surface area contributed by atoms with E-state index in [2.05, 4.69) is 41.6 Å². The lowest BCUT2D eigenvalue weighted by atomic mass is 10.2. The molecule has 16 heavy (non-hydrogen) atoms. The number of aromatic nitrogens is 1. The van der Waals surface area contributed by atoms with Gasteiger partial charge in [0, 0.05) is 24.0 Å². The van der Waals surface area contributed by atoms with Crippen LogP contribution in [-0.4, -0.2) is 36.1 Å². The van der Waals surface area contributed by atoms with E-state index in [1.807, 2.05) is 0 Å². The number of hydrogen-bond acceptors (Lipinski definition) is 4. The van der Waals surface area contributed by atoms with Gasteiger partial charge in [-0.1, -0.05) is 0 Å². The normalized spacial score (nSPS) is 25.5. The number of thiazole rings is 1. The van der Waals surface area contributed by atoms with Crippen molar-refractivity contribution in [1.82, 2.24) is 15.2 Å². The Morgan fingerprint density at radius 1 is 1.50 bits per heavy atom. The number of nitrogens with zero attached hydrogens (tertiary/aromatic N) is 2. The summed E-state index contributed by atoms with van der Waals surface area (Å²) in [5.41, 5.74) is 1.19. The maximum absolute atomic E-state index is 4.47. The number of aryl methyl sites for hydroxylation is 1. The monoisotopic (exact) mass is 239 g/mol. The molecule has 0 radical (unpaired) electrons. The summed E-state index contributed by atoms with van der Waals surface area (Å²) in [6, 6.07) is 1.43. The van der Waals surface area contributed by atoms with Gasteiger partial charge in [0.1, 0.15) is 0 Å². The second-order valence-electron chi connectivity index (χ2n) is 4.87. The van der Waals surface area contributed by atoms with Gasteiger partial charge in [0.2, 0.25) is 0 Å². The van der Waals surface area contributed by atoms with Gasteiger partial charge in [-0.05, 0) is 40.3 Å². The summed E-state index contributed by atoms with van der Waals surface area (Å²) < 4.78 is 0. The summed E-state index contributed by atoms with van der Waals surface area (Å²) in [7, 11) is 4.35. The predicted molar refractivity (Wildman–Crippen MR) is 68.8 cm³/mol. The smallest absolute Gasteiger partial charge is 0.0897 e. The fourth-order valence-electron chi connectivity index (χ4n) is 2.35.